The number of carboxylic acids is 1. The number of benzene rings is 1. The first-order chi connectivity index (χ1) is 9.49. The molecule has 0 fully saturated rings. The van der Waals surface area contributed by atoms with Crippen molar-refractivity contribution in [1.29, 1.82) is 0 Å². The maximum absolute atomic E-state index is 11.8. The number of fused-ring (bicyclic) bond motifs is 2. The van der Waals surface area contributed by atoms with Crippen LogP contribution in [-0.4, -0.2) is 16.1 Å². The second kappa shape index (κ2) is 4.74. The van der Waals surface area contributed by atoms with E-state index in [-0.39, 0.29) is 5.92 Å². The van der Waals surface area contributed by atoms with E-state index in [9.17, 15) is 9.90 Å². The second-order valence-electron chi connectivity index (χ2n) is 5.73. The largest absolute Gasteiger partial charge is 0.478 e. The van der Waals surface area contributed by atoms with Crippen molar-refractivity contribution in [2.75, 3.05) is 0 Å². The summed E-state index contributed by atoms with van der Waals surface area (Å²) in [6, 6.07) is 5.36. The molecule has 2 unspecified atom stereocenters. The molecule has 1 aromatic heterocycles. The van der Waals surface area contributed by atoms with Gasteiger partial charge in [0.1, 0.15) is 0 Å². The maximum Gasteiger partial charge on any atom is 0.336 e. The van der Waals surface area contributed by atoms with Gasteiger partial charge in [0.15, 0.2) is 0 Å². The summed E-state index contributed by atoms with van der Waals surface area (Å²) in [5, 5.41) is 10.7. The van der Waals surface area contributed by atoms with Crippen LogP contribution in [0.25, 0.3) is 10.9 Å². The zero-order valence-electron chi connectivity index (χ0n) is 11.5. The zero-order chi connectivity index (χ0) is 14.4. The fourth-order valence-electron chi connectivity index (χ4n) is 3.38. The van der Waals surface area contributed by atoms with Crippen LogP contribution in [0.2, 0.25) is 5.02 Å². The van der Waals surface area contributed by atoms with Crippen molar-refractivity contribution < 1.29 is 9.90 Å². The van der Waals surface area contributed by atoms with Crippen LogP contribution in [0, 0.1) is 5.92 Å². The Bertz CT molecular complexity index is 711. The van der Waals surface area contributed by atoms with Gasteiger partial charge in [-0.15, -0.1) is 0 Å². The third kappa shape index (κ3) is 1.97. The molecular weight excluding hydrogens is 274 g/mol. The molecule has 0 saturated heterocycles. The van der Waals surface area contributed by atoms with Gasteiger partial charge in [-0.25, -0.2) is 4.79 Å². The molecule has 3 nitrogen and oxygen atoms in total. The Morgan fingerprint density at radius 1 is 1.40 bits per heavy atom. The van der Waals surface area contributed by atoms with Gasteiger partial charge in [-0.3, -0.25) is 4.98 Å². The molecule has 0 spiro atoms. The molecule has 1 aliphatic rings. The molecule has 0 radical (unpaired) electrons. The Balaban J connectivity index is 2.44. The smallest absolute Gasteiger partial charge is 0.336 e. The van der Waals surface area contributed by atoms with E-state index in [4.69, 9.17) is 11.6 Å². The number of hydrogen-bond acceptors (Lipinski definition) is 2. The first-order valence-corrected chi connectivity index (χ1v) is 7.21. The van der Waals surface area contributed by atoms with Crippen LogP contribution in [0.3, 0.4) is 0 Å². The van der Waals surface area contributed by atoms with Crippen molar-refractivity contribution in [1.82, 2.24) is 4.98 Å². The van der Waals surface area contributed by atoms with E-state index in [0.717, 1.165) is 24.1 Å². The summed E-state index contributed by atoms with van der Waals surface area (Å²) >= 11 is 6.22. The SMILES string of the molecule is CC1Cc2nc3cccc(Cl)c3c(C(=O)O)c2C(C)C1. The van der Waals surface area contributed by atoms with E-state index in [0.29, 0.717) is 27.4 Å². The number of pyridine rings is 1. The number of rotatable bonds is 1. The molecule has 1 aliphatic carbocycles. The summed E-state index contributed by atoms with van der Waals surface area (Å²) < 4.78 is 0. The number of aromatic carboxylic acids is 1. The molecule has 0 amide bonds. The van der Waals surface area contributed by atoms with Gasteiger partial charge in [-0.1, -0.05) is 31.5 Å². The van der Waals surface area contributed by atoms with Crippen molar-refractivity contribution in [3.8, 4) is 0 Å². The average Bonchev–Trinajstić information content (AvgIpc) is 2.36. The lowest BCUT2D eigenvalue weighted by molar-refractivity contribution is 0.0696. The van der Waals surface area contributed by atoms with Crippen LogP contribution in [0.15, 0.2) is 18.2 Å². The molecular formula is C16H16ClNO2. The van der Waals surface area contributed by atoms with Crippen molar-refractivity contribution in [2.24, 2.45) is 5.92 Å². The van der Waals surface area contributed by atoms with Crippen molar-refractivity contribution in [3.63, 3.8) is 0 Å². The number of aromatic nitrogens is 1. The third-order valence-corrected chi connectivity index (χ3v) is 4.40. The summed E-state index contributed by atoms with van der Waals surface area (Å²) in [6.45, 7) is 4.26. The van der Waals surface area contributed by atoms with E-state index in [1.54, 1.807) is 6.07 Å². The lowest BCUT2D eigenvalue weighted by atomic mass is 9.78. The standard InChI is InChI=1S/C16H16ClNO2/c1-8-6-9(2)13-12(7-8)18-11-5-3-4-10(17)14(11)15(13)16(19)20/h3-5,8-9H,6-7H2,1-2H3,(H,19,20). The van der Waals surface area contributed by atoms with Crippen molar-refractivity contribution >= 4 is 28.5 Å². The van der Waals surface area contributed by atoms with Gasteiger partial charge in [0, 0.05) is 11.1 Å². The van der Waals surface area contributed by atoms with Crippen molar-refractivity contribution in [2.45, 2.75) is 32.6 Å². The summed E-state index contributed by atoms with van der Waals surface area (Å²) in [4.78, 5) is 16.5. The number of nitrogens with zero attached hydrogens (tertiary/aromatic N) is 1. The first kappa shape index (κ1) is 13.4. The van der Waals surface area contributed by atoms with Gasteiger partial charge < -0.3 is 5.11 Å². The average molecular weight is 290 g/mol. The number of hydrogen-bond donors (Lipinski definition) is 1. The van der Waals surface area contributed by atoms with Gasteiger partial charge in [0.05, 0.1) is 16.1 Å². The molecule has 2 aromatic rings. The third-order valence-electron chi connectivity index (χ3n) is 4.08. The van der Waals surface area contributed by atoms with Gasteiger partial charge in [0.25, 0.3) is 0 Å². The van der Waals surface area contributed by atoms with Crippen LogP contribution in [-0.2, 0) is 6.42 Å². The monoisotopic (exact) mass is 289 g/mol. The van der Waals surface area contributed by atoms with E-state index >= 15 is 0 Å². The molecule has 0 bridgehead atoms. The molecule has 1 aromatic carbocycles. The first-order valence-electron chi connectivity index (χ1n) is 6.83. The number of halogens is 1. The minimum Gasteiger partial charge on any atom is -0.478 e. The highest BCUT2D eigenvalue weighted by molar-refractivity contribution is 6.36. The molecule has 2 atom stereocenters. The highest BCUT2D eigenvalue weighted by Crippen LogP contribution is 2.40. The van der Waals surface area contributed by atoms with Gasteiger partial charge in [0.2, 0.25) is 0 Å². The highest BCUT2D eigenvalue weighted by Gasteiger charge is 2.30. The van der Waals surface area contributed by atoms with E-state index < -0.39 is 5.97 Å². The zero-order valence-corrected chi connectivity index (χ0v) is 12.2. The predicted molar refractivity (Wildman–Crippen MR) is 79.6 cm³/mol. The van der Waals surface area contributed by atoms with Gasteiger partial charge >= 0.3 is 5.97 Å². The second-order valence-corrected chi connectivity index (χ2v) is 6.14. The van der Waals surface area contributed by atoms with Gasteiger partial charge in [-0.2, -0.15) is 0 Å². The topological polar surface area (TPSA) is 50.2 Å². The van der Waals surface area contributed by atoms with E-state index in [1.807, 2.05) is 12.1 Å². The van der Waals surface area contributed by atoms with Crippen LogP contribution >= 0.6 is 11.6 Å². The van der Waals surface area contributed by atoms with Crippen LogP contribution in [0.4, 0.5) is 0 Å². The highest BCUT2D eigenvalue weighted by atomic mass is 35.5. The quantitative estimate of drug-likeness (QED) is 0.853. The lowest BCUT2D eigenvalue weighted by Crippen LogP contribution is -2.20. The molecule has 4 heteroatoms. The molecule has 1 heterocycles. The molecule has 0 aliphatic heterocycles. The molecule has 3 rings (SSSR count). The summed E-state index contributed by atoms with van der Waals surface area (Å²) in [7, 11) is 0. The molecule has 1 N–H and O–H groups in total. The Morgan fingerprint density at radius 3 is 2.85 bits per heavy atom. The number of carboxylic acid groups (broad SMARTS) is 1. The van der Waals surface area contributed by atoms with E-state index in [1.165, 1.54) is 0 Å². The minimum absolute atomic E-state index is 0.202. The minimum atomic E-state index is -0.914. The Labute approximate surface area is 122 Å². The molecule has 104 valence electrons. The summed E-state index contributed by atoms with van der Waals surface area (Å²) in [5.74, 6) is -0.181. The normalized spacial score (nSPS) is 21.8. The molecule has 20 heavy (non-hydrogen) atoms. The fourth-order valence-corrected chi connectivity index (χ4v) is 3.65. The Kier molecular flexibility index (Phi) is 3.17. The van der Waals surface area contributed by atoms with Gasteiger partial charge in [-0.05, 0) is 42.4 Å². The summed E-state index contributed by atoms with van der Waals surface area (Å²) in [6.07, 6.45) is 1.83. The lowest BCUT2D eigenvalue weighted by Gasteiger charge is -2.28. The maximum atomic E-state index is 11.8. The van der Waals surface area contributed by atoms with E-state index in [2.05, 4.69) is 18.8 Å². The van der Waals surface area contributed by atoms with Crippen molar-refractivity contribution in [3.05, 3.63) is 40.0 Å². The molecule has 0 saturated carbocycles. The number of carbonyl (C=O) groups is 1. The van der Waals surface area contributed by atoms with Crippen LogP contribution in [0.1, 0.15) is 47.8 Å². The predicted octanol–water partition coefficient (Wildman–Crippen LogP) is 4.27. The van der Waals surface area contributed by atoms with Crippen LogP contribution < -0.4 is 0 Å². The fraction of sp³-hybridized carbons (Fsp3) is 0.375. The van der Waals surface area contributed by atoms with Crippen LogP contribution in [0.5, 0.6) is 0 Å². The Hall–Kier alpha value is -1.61. The Morgan fingerprint density at radius 2 is 2.15 bits per heavy atom. The summed E-state index contributed by atoms with van der Waals surface area (Å²) in [5.41, 5.74) is 2.81.